The van der Waals surface area contributed by atoms with Crippen molar-refractivity contribution in [1.29, 1.82) is 0 Å². The first kappa shape index (κ1) is 44.8. The van der Waals surface area contributed by atoms with Crippen molar-refractivity contribution in [2.75, 3.05) is 0 Å². The number of aromatic nitrogens is 3. The van der Waals surface area contributed by atoms with Crippen LogP contribution in [0.4, 0.5) is 0 Å². The fourth-order valence-corrected chi connectivity index (χ4v) is 8.37. The minimum atomic E-state index is -0.927. The lowest BCUT2D eigenvalue weighted by atomic mass is 9.80. The molecule has 68 heavy (non-hydrogen) atoms. The summed E-state index contributed by atoms with van der Waals surface area (Å²) in [7, 11) is 0. The van der Waals surface area contributed by atoms with Crippen LogP contribution in [0.25, 0.3) is 0 Å². The van der Waals surface area contributed by atoms with Crippen LogP contribution >= 0.6 is 0 Å². The van der Waals surface area contributed by atoms with E-state index in [2.05, 4.69) is 77.8 Å². The molecule has 9 aromatic rings. The van der Waals surface area contributed by atoms with Crippen molar-refractivity contribution in [3.05, 3.63) is 304 Å². The number of ether oxygens (including phenoxy) is 4. The fourth-order valence-electron chi connectivity index (χ4n) is 8.37. The van der Waals surface area contributed by atoms with Gasteiger partial charge in [0.15, 0.2) is 0 Å². The third-order valence-corrected chi connectivity index (χ3v) is 11.6. The molecule has 0 aliphatic carbocycles. The molecule has 0 saturated carbocycles. The standard InChI is InChI=1S/C59H47N3O6/c63-56(65-40-50-34-19-36-52(60-50)42-67-58(44-22-7-1-8-23-44,45-24-9-2-10-25-45)46-26-11-3-12-27-46)54-38-21-39-55(62-54)57(64)66-41-51-35-20-37-53(61-51)43-68-59(47-28-13-4-14-29-47,48-30-15-5-16-31-48)49-32-17-6-18-33-49/h1-39H,40-43H2. The Bertz CT molecular complexity index is 2650. The third kappa shape index (κ3) is 10.0. The first-order valence-corrected chi connectivity index (χ1v) is 22.3. The summed E-state index contributed by atoms with van der Waals surface area (Å²) in [6.07, 6.45) is 0. The maximum atomic E-state index is 13.3. The highest BCUT2D eigenvalue weighted by Crippen LogP contribution is 2.42. The molecule has 9 rings (SSSR count). The Morgan fingerprint density at radius 2 is 0.544 bits per heavy atom. The maximum Gasteiger partial charge on any atom is 0.357 e. The summed E-state index contributed by atoms with van der Waals surface area (Å²) in [5, 5.41) is 0. The van der Waals surface area contributed by atoms with Crippen LogP contribution in [-0.4, -0.2) is 26.9 Å². The smallest absolute Gasteiger partial charge is 0.357 e. The molecular formula is C59H47N3O6. The normalized spacial score (nSPS) is 11.4. The number of pyridine rings is 3. The lowest BCUT2D eigenvalue weighted by molar-refractivity contribution is -0.00166. The zero-order valence-corrected chi connectivity index (χ0v) is 37.1. The summed E-state index contributed by atoms with van der Waals surface area (Å²) >= 11 is 0. The average molecular weight is 894 g/mol. The molecule has 0 spiro atoms. The van der Waals surface area contributed by atoms with Gasteiger partial charge >= 0.3 is 11.9 Å². The molecule has 0 N–H and O–H groups in total. The van der Waals surface area contributed by atoms with Gasteiger partial charge in [-0.25, -0.2) is 14.6 Å². The molecule has 9 nitrogen and oxygen atoms in total. The van der Waals surface area contributed by atoms with Gasteiger partial charge < -0.3 is 18.9 Å². The topological polar surface area (TPSA) is 110 Å². The van der Waals surface area contributed by atoms with Crippen molar-refractivity contribution in [3.63, 3.8) is 0 Å². The zero-order valence-electron chi connectivity index (χ0n) is 37.1. The molecule has 0 atom stereocenters. The zero-order chi connectivity index (χ0) is 46.4. The molecule has 0 aliphatic rings. The molecule has 334 valence electrons. The van der Waals surface area contributed by atoms with Gasteiger partial charge in [0.05, 0.1) is 36.0 Å². The molecule has 0 aliphatic heterocycles. The van der Waals surface area contributed by atoms with Gasteiger partial charge in [-0.05, 0) is 69.8 Å². The van der Waals surface area contributed by atoms with E-state index in [1.54, 1.807) is 18.2 Å². The summed E-state index contributed by atoms with van der Waals surface area (Å²) < 4.78 is 25.2. The number of esters is 2. The van der Waals surface area contributed by atoms with Crippen molar-refractivity contribution in [2.45, 2.75) is 37.6 Å². The summed E-state index contributed by atoms with van der Waals surface area (Å²) in [4.78, 5) is 40.5. The Labute approximate surface area is 395 Å². The average Bonchev–Trinajstić information content (AvgIpc) is 3.42. The van der Waals surface area contributed by atoms with Crippen molar-refractivity contribution in [1.82, 2.24) is 15.0 Å². The van der Waals surface area contributed by atoms with Crippen LogP contribution in [0.15, 0.2) is 237 Å². The lowest BCUT2D eigenvalue weighted by Gasteiger charge is -2.36. The Hall–Kier alpha value is -8.37. The van der Waals surface area contributed by atoms with Crippen molar-refractivity contribution >= 4 is 11.9 Å². The van der Waals surface area contributed by atoms with Gasteiger partial charge in [0.25, 0.3) is 0 Å². The van der Waals surface area contributed by atoms with Gasteiger partial charge in [0.1, 0.15) is 35.8 Å². The van der Waals surface area contributed by atoms with Gasteiger partial charge in [-0.2, -0.15) is 0 Å². The van der Waals surface area contributed by atoms with Crippen LogP contribution in [0.3, 0.4) is 0 Å². The minimum absolute atomic E-state index is 0.0479. The minimum Gasteiger partial charge on any atom is -0.454 e. The van der Waals surface area contributed by atoms with Gasteiger partial charge in [0, 0.05) is 0 Å². The quantitative estimate of drug-likeness (QED) is 0.0614. The third-order valence-electron chi connectivity index (χ3n) is 11.6. The highest BCUT2D eigenvalue weighted by Gasteiger charge is 2.39. The lowest BCUT2D eigenvalue weighted by Crippen LogP contribution is -2.33. The first-order chi connectivity index (χ1) is 33.5. The van der Waals surface area contributed by atoms with E-state index in [4.69, 9.17) is 28.9 Å². The molecule has 0 unspecified atom stereocenters. The maximum absolute atomic E-state index is 13.3. The van der Waals surface area contributed by atoms with Crippen LogP contribution in [0, 0.1) is 0 Å². The van der Waals surface area contributed by atoms with Crippen molar-refractivity contribution in [2.24, 2.45) is 0 Å². The Balaban J connectivity index is 0.840. The summed E-state index contributed by atoms with van der Waals surface area (Å²) in [6.45, 7) is 0.0761. The van der Waals surface area contributed by atoms with E-state index in [1.165, 1.54) is 12.1 Å². The van der Waals surface area contributed by atoms with Crippen LogP contribution in [0.1, 0.15) is 77.1 Å². The van der Waals surface area contributed by atoms with E-state index < -0.39 is 23.1 Å². The van der Waals surface area contributed by atoms with E-state index >= 15 is 0 Å². The van der Waals surface area contributed by atoms with Gasteiger partial charge in [-0.15, -0.1) is 0 Å². The summed E-state index contributed by atoms with van der Waals surface area (Å²) in [5.74, 6) is -1.43. The molecule has 0 amide bonds. The Morgan fingerprint density at radius 1 is 0.294 bits per heavy atom. The molecule has 9 heteroatoms. The number of hydrogen-bond acceptors (Lipinski definition) is 9. The number of carbonyl (C=O) groups is 2. The molecular weight excluding hydrogens is 847 g/mol. The van der Waals surface area contributed by atoms with Gasteiger partial charge in [0.2, 0.25) is 0 Å². The SMILES string of the molecule is O=C(OCc1cccc(COC(c2ccccc2)(c2ccccc2)c2ccccc2)n1)c1cccc(C(=O)OCc2cccc(COC(c3ccccc3)(c3ccccc3)c3ccccc3)n2)n1. The number of carbonyl (C=O) groups excluding carboxylic acids is 2. The second-order valence-electron chi connectivity index (χ2n) is 15.9. The van der Waals surface area contributed by atoms with E-state index in [-0.39, 0.29) is 37.8 Å². The van der Waals surface area contributed by atoms with Crippen molar-refractivity contribution < 1.29 is 28.5 Å². The van der Waals surface area contributed by atoms with Gasteiger partial charge in [-0.1, -0.05) is 200 Å². The number of rotatable bonds is 18. The Morgan fingerprint density at radius 3 is 0.824 bits per heavy atom. The fraction of sp³-hybridized carbons (Fsp3) is 0.102. The highest BCUT2D eigenvalue weighted by molar-refractivity contribution is 5.91. The predicted molar refractivity (Wildman–Crippen MR) is 259 cm³/mol. The van der Waals surface area contributed by atoms with E-state index in [9.17, 15) is 9.59 Å². The van der Waals surface area contributed by atoms with E-state index in [0.717, 1.165) is 33.4 Å². The summed E-state index contributed by atoms with van der Waals surface area (Å²) in [6, 6.07) is 76.3. The second kappa shape index (κ2) is 21.3. The first-order valence-electron chi connectivity index (χ1n) is 22.3. The second-order valence-corrected chi connectivity index (χ2v) is 15.9. The van der Waals surface area contributed by atoms with E-state index in [0.29, 0.717) is 22.8 Å². The molecule has 3 aromatic heterocycles. The molecule has 6 aromatic carbocycles. The number of benzene rings is 6. The summed E-state index contributed by atoms with van der Waals surface area (Å²) in [5.41, 5.74) is 6.24. The molecule has 0 fully saturated rings. The molecule has 0 bridgehead atoms. The molecule has 0 saturated heterocycles. The number of nitrogens with zero attached hydrogens (tertiary/aromatic N) is 3. The number of hydrogen-bond donors (Lipinski definition) is 0. The highest BCUT2D eigenvalue weighted by atomic mass is 16.5. The largest absolute Gasteiger partial charge is 0.454 e. The van der Waals surface area contributed by atoms with Crippen LogP contribution in [0.2, 0.25) is 0 Å². The van der Waals surface area contributed by atoms with Crippen molar-refractivity contribution in [3.8, 4) is 0 Å². The molecule has 0 radical (unpaired) electrons. The predicted octanol–water partition coefficient (Wildman–Crippen LogP) is 11.6. The van der Waals surface area contributed by atoms with Crippen LogP contribution in [-0.2, 0) is 56.6 Å². The van der Waals surface area contributed by atoms with Crippen LogP contribution in [0.5, 0.6) is 0 Å². The molecule has 3 heterocycles. The van der Waals surface area contributed by atoms with Gasteiger partial charge in [-0.3, -0.25) is 9.97 Å². The Kier molecular flexibility index (Phi) is 14.0. The van der Waals surface area contributed by atoms with E-state index in [1.807, 2.05) is 133 Å². The van der Waals surface area contributed by atoms with Crippen LogP contribution < -0.4 is 0 Å². The monoisotopic (exact) mass is 893 g/mol.